The largest absolute Gasteiger partial charge is 0.420 e. The molecular weight excluding hydrogens is 340 g/mol. The number of benzene rings is 1. The van der Waals surface area contributed by atoms with Crippen molar-refractivity contribution in [1.29, 1.82) is 10.5 Å². The van der Waals surface area contributed by atoms with Crippen molar-refractivity contribution in [1.82, 2.24) is 9.47 Å². The Morgan fingerprint density at radius 3 is 2.48 bits per heavy atom. The van der Waals surface area contributed by atoms with E-state index in [0.717, 1.165) is 51.6 Å². The molecule has 1 aliphatic carbocycles. The molecule has 0 unspecified atom stereocenters. The second-order valence-corrected chi connectivity index (χ2v) is 8.08. The van der Waals surface area contributed by atoms with Crippen molar-refractivity contribution in [3.8, 4) is 12.1 Å². The molecular formula is C21H24N4O2. The topological polar surface area (TPSA) is 86.0 Å². The van der Waals surface area contributed by atoms with Crippen LogP contribution in [0, 0.1) is 28.6 Å². The molecule has 0 N–H and O–H groups in total. The average Bonchev–Trinajstić information content (AvgIpc) is 3.04. The van der Waals surface area contributed by atoms with E-state index in [1.54, 1.807) is 22.8 Å². The summed E-state index contributed by atoms with van der Waals surface area (Å²) in [4.78, 5) is 14.8. The van der Waals surface area contributed by atoms with E-state index in [4.69, 9.17) is 9.68 Å². The Kier molecular flexibility index (Phi) is 4.53. The second kappa shape index (κ2) is 6.87. The summed E-state index contributed by atoms with van der Waals surface area (Å²) in [6.45, 7) is 3.88. The van der Waals surface area contributed by atoms with Crippen LogP contribution in [-0.4, -0.2) is 28.1 Å². The summed E-state index contributed by atoms with van der Waals surface area (Å²) in [5, 5.41) is 19.0. The fourth-order valence-corrected chi connectivity index (χ4v) is 4.74. The number of rotatable bonds is 2. The van der Waals surface area contributed by atoms with Crippen LogP contribution in [0.3, 0.4) is 0 Å². The van der Waals surface area contributed by atoms with Gasteiger partial charge >= 0.3 is 5.76 Å². The first-order chi connectivity index (χ1) is 13.1. The highest BCUT2D eigenvalue weighted by atomic mass is 16.4. The number of hydrogen-bond donors (Lipinski definition) is 0. The van der Waals surface area contributed by atoms with Gasteiger partial charge in [-0.05, 0) is 62.6 Å². The first-order valence-electron chi connectivity index (χ1n) is 9.78. The molecule has 140 valence electrons. The highest BCUT2D eigenvalue weighted by Gasteiger charge is 2.41. The summed E-state index contributed by atoms with van der Waals surface area (Å²) in [6.07, 6.45) is 5.71. The van der Waals surface area contributed by atoms with Gasteiger partial charge in [0.15, 0.2) is 5.58 Å². The number of aromatic nitrogens is 1. The average molecular weight is 364 g/mol. The Morgan fingerprint density at radius 2 is 1.85 bits per heavy atom. The lowest BCUT2D eigenvalue weighted by Crippen LogP contribution is -2.53. The van der Waals surface area contributed by atoms with Crippen LogP contribution in [0.5, 0.6) is 0 Å². The molecule has 0 spiro atoms. The van der Waals surface area contributed by atoms with Gasteiger partial charge < -0.3 is 4.42 Å². The van der Waals surface area contributed by atoms with Crippen molar-refractivity contribution in [2.24, 2.45) is 5.92 Å². The monoisotopic (exact) mass is 364 g/mol. The normalized spacial score (nSPS) is 27.3. The predicted octanol–water partition coefficient (Wildman–Crippen LogP) is 3.58. The van der Waals surface area contributed by atoms with Crippen LogP contribution >= 0.6 is 0 Å². The summed E-state index contributed by atoms with van der Waals surface area (Å²) >= 11 is 0. The first-order valence-corrected chi connectivity index (χ1v) is 9.78. The van der Waals surface area contributed by atoms with E-state index in [9.17, 15) is 10.1 Å². The van der Waals surface area contributed by atoms with Gasteiger partial charge in [-0.15, -0.1) is 0 Å². The Bertz CT molecular complexity index is 974. The third kappa shape index (κ3) is 3.05. The highest BCUT2D eigenvalue weighted by molar-refractivity contribution is 5.75. The van der Waals surface area contributed by atoms with Crippen LogP contribution in [-0.2, 0) is 0 Å². The van der Waals surface area contributed by atoms with E-state index in [2.05, 4.69) is 24.0 Å². The minimum atomic E-state index is -0.361. The molecule has 2 fully saturated rings. The zero-order chi connectivity index (χ0) is 19.0. The maximum absolute atomic E-state index is 12.4. The van der Waals surface area contributed by atoms with Crippen LogP contribution in [0.1, 0.15) is 57.1 Å². The molecule has 2 aromatic rings. The summed E-state index contributed by atoms with van der Waals surface area (Å²) in [6, 6.07) is 9.87. The number of hydrogen-bond acceptors (Lipinski definition) is 5. The molecule has 4 rings (SSSR count). The maximum Gasteiger partial charge on any atom is 0.420 e. The Balaban J connectivity index is 1.56. The predicted molar refractivity (Wildman–Crippen MR) is 101 cm³/mol. The van der Waals surface area contributed by atoms with E-state index in [0.29, 0.717) is 22.6 Å². The number of nitrogens with zero attached hydrogens (tertiary/aromatic N) is 4. The molecule has 0 radical (unpaired) electrons. The Labute approximate surface area is 158 Å². The van der Waals surface area contributed by atoms with Gasteiger partial charge in [-0.25, -0.2) is 4.79 Å². The van der Waals surface area contributed by atoms with Gasteiger partial charge in [0, 0.05) is 19.1 Å². The zero-order valence-electron chi connectivity index (χ0n) is 15.6. The Morgan fingerprint density at radius 1 is 1.15 bits per heavy atom. The van der Waals surface area contributed by atoms with Crippen molar-refractivity contribution in [2.75, 3.05) is 13.1 Å². The van der Waals surface area contributed by atoms with Gasteiger partial charge in [-0.1, -0.05) is 6.92 Å². The maximum atomic E-state index is 12.4. The minimum absolute atomic E-state index is 0.0437. The van der Waals surface area contributed by atoms with Gasteiger partial charge in [-0.2, -0.15) is 10.5 Å². The highest BCUT2D eigenvalue weighted by Crippen LogP contribution is 2.39. The lowest BCUT2D eigenvalue weighted by atomic mass is 9.76. The number of likely N-dealkylation sites (tertiary alicyclic amines) is 1. The lowest BCUT2D eigenvalue weighted by Gasteiger charge is -2.46. The number of oxazole rings is 1. The SMILES string of the molecule is CC1CCC(C#N)(N2CCC(n3c(=O)oc4ccc(C#N)cc43)CC2)CC1. The molecule has 1 saturated heterocycles. The number of piperidine rings is 1. The number of fused-ring (bicyclic) bond motifs is 1. The smallest absolute Gasteiger partial charge is 0.408 e. The van der Waals surface area contributed by atoms with Gasteiger partial charge in [0.05, 0.1) is 23.2 Å². The van der Waals surface area contributed by atoms with E-state index in [1.165, 1.54) is 0 Å². The Hall–Kier alpha value is -2.57. The summed E-state index contributed by atoms with van der Waals surface area (Å²) in [5.41, 5.74) is 1.40. The molecule has 27 heavy (non-hydrogen) atoms. The number of nitriles is 2. The molecule has 0 amide bonds. The van der Waals surface area contributed by atoms with E-state index in [-0.39, 0.29) is 17.3 Å². The molecule has 6 heteroatoms. The molecule has 2 heterocycles. The molecule has 0 atom stereocenters. The van der Waals surface area contributed by atoms with Gasteiger partial charge in [-0.3, -0.25) is 9.47 Å². The van der Waals surface area contributed by atoms with Gasteiger partial charge in [0.2, 0.25) is 0 Å². The quantitative estimate of drug-likeness (QED) is 0.813. The lowest BCUT2D eigenvalue weighted by molar-refractivity contribution is 0.0517. The van der Waals surface area contributed by atoms with Crippen molar-refractivity contribution in [2.45, 2.75) is 57.0 Å². The van der Waals surface area contributed by atoms with Gasteiger partial charge in [0.25, 0.3) is 0 Å². The fourth-order valence-electron chi connectivity index (χ4n) is 4.74. The van der Waals surface area contributed by atoms with Crippen molar-refractivity contribution in [3.05, 3.63) is 34.3 Å². The molecule has 1 saturated carbocycles. The van der Waals surface area contributed by atoms with E-state index in [1.807, 2.05) is 0 Å². The molecule has 1 aromatic carbocycles. The van der Waals surface area contributed by atoms with E-state index < -0.39 is 0 Å². The summed E-state index contributed by atoms with van der Waals surface area (Å²) in [7, 11) is 0. The molecule has 1 aromatic heterocycles. The van der Waals surface area contributed by atoms with Crippen molar-refractivity contribution >= 4 is 11.1 Å². The van der Waals surface area contributed by atoms with E-state index >= 15 is 0 Å². The molecule has 0 bridgehead atoms. The molecule has 2 aliphatic rings. The first kappa shape index (κ1) is 17.8. The molecule has 6 nitrogen and oxygen atoms in total. The third-order valence-corrected chi connectivity index (χ3v) is 6.49. The summed E-state index contributed by atoms with van der Waals surface area (Å²) in [5.74, 6) is 0.342. The minimum Gasteiger partial charge on any atom is -0.408 e. The van der Waals surface area contributed by atoms with Crippen molar-refractivity contribution in [3.63, 3.8) is 0 Å². The van der Waals surface area contributed by atoms with Gasteiger partial charge in [0.1, 0.15) is 5.54 Å². The van der Waals surface area contributed by atoms with Crippen LogP contribution in [0.15, 0.2) is 27.4 Å². The third-order valence-electron chi connectivity index (χ3n) is 6.49. The van der Waals surface area contributed by atoms with Crippen LogP contribution in [0.2, 0.25) is 0 Å². The fraction of sp³-hybridized carbons (Fsp3) is 0.571. The van der Waals surface area contributed by atoms with Crippen molar-refractivity contribution < 1.29 is 4.42 Å². The van der Waals surface area contributed by atoms with Crippen LogP contribution < -0.4 is 5.76 Å². The second-order valence-electron chi connectivity index (χ2n) is 8.08. The standard InChI is InChI=1S/C21H24N4O2/c1-15-4-8-21(14-23,9-5-15)24-10-6-17(7-11-24)25-18-12-16(13-22)2-3-19(18)27-20(25)26/h2-3,12,15,17H,4-11H2,1H3. The zero-order valence-corrected chi connectivity index (χ0v) is 15.6. The summed E-state index contributed by atoms with van der Waals surface area (Å²) < 4.78 is 7.08. The molecule has 1 aliphatic heterocycles. The van der Waals surface area contributed by atoms with Crippen LogP contribution in [0.4, 0.5) is 0 Å². The van der Waals surface area contributed by atoms with Crippen LogP contribution in [0.25, 0.3) is 11.1 Å².